The van der Waals surface area contributed by atoms with Crippen molar-refractivity contribution < 1.29 is 9.21 Å². The summed E-state index contributed by atoms with van der Waals surface area (Å²) in [5.74, 6) is 1.53. The molecule has 0 aliphatic carbocycles. The Morgan fingerprint density at radius 1 is 1.30 bits per heavy atom. The van der Waals surface area contributed by atoms with Gasteiger partial charge in [0, 0.05) is 16.6 Å². The smallest absolute Gasteiger partial charge is 0.263 e. The summed E-state index contributed by atoms with van der Waals surface area (Å²) in [4.78, 5) is 15.8. The molecule has 0 bridgehead atoms. The molecule has 1 aliphatic heterocycles. The van der Waals surface area contributed by atoms with Crippen LogP contribution in [0.25, 0.3) is 10.1 Å². The second-order valence-corrected chi connectivity index (χ2v) is 8.63. The van der Waals surface area contributed by atoms with Gasteiger partial charge in [0.15, 0.2) is 0 Å². The molecule has 6 heteroatoms. The van der Waals surface area contributed by atoms with Gasteiger partial charge in [-0.3, -0.25) is 9.69 Å². The van der Waals surface area contributed by atoms with Crippen LogP contribution in [0.4, 0.5) is 0 Å². The number of rotatable bonds is 5. The fraction of sp³-hybridized carbons (Fsp3) is 0.381. The maximum absolute atomic E-state index is 12.8. The lowest BCUT2D eigenvalue weighted by Gasteiger charge is -2.35. The van der Waals surface area contributed by atoms with Crippen molar-refractivity contribution in [1.82, 2.24) is 10.2 Å². The van der Waals surface area contributed by atoms with Crippen LogP contribution in [0.3, 0.4) is 0 Å². The molecule has 0 unspecified atom stereocenters. The summed E-state index contributed by atoms with van der Waals surface area (Å²) in [6.07, 6.45) is 4.04. The number of carbonyl (C=O) groups excluding carboxylic acids is 1. The van der Waals surface area contributed by atoms with Gasteiger partial charge in [-0.25, -0.2) is 0 Å². The Hall–Kier alpha value is -1.82. The first-order chi connectivity index (χ1) is 13.1. The summed E-state index contributed by atoms with van der Waals surface area (Å²) in [5.41, 5.74) is 0. The number of halogens is 1. The topological polar surface area (TPSA) is 45.5 Å². The number of carbonyl (C=O) groups is 1. The van der Waals surface area contributed by atoms with E-state index in [0.717, 1.165) is 34.9 Å². The Morgan fingerprint density at radius 2 is 2.07 bits per heavy atom. The van der Waals surface area contributed by atoms with Crippen molar-refractivity contribution >= 4 is 38.9 Å². The van der Waals surface area contributed by atoms with Crippen LogP contribution in [-0.4, -0.2) is 30.4 Å². The average molecular weight is 403 g/mol. The highest BCUT2D eigenvalue weighted by Crippen LogP contribution is 2.35. The van der Waals surface area contributed by atoms with Gasteiger partial charge < -0.3 is 9.73 Å². The first-order valence-electron chi connectivity index (χ1n) is 9.36. The number of amides is 1. The molecule has 1 saturated heterocycles. The van der Waals surface area contributed by atoms with Gasteiger partial charge >= 0.3 is 0 Å². The number of furan rings is 1. The number of nitrogens with one attached hydrogen (secondary N) is 1. The highest BCUT2D eigenvalue weighted by atomic mass is 35.5. The van der Waals surface area contributed by atoms with E-state index in [4.69, 9.17) is 16.0 Å². The largest absolute Gasteiger partial charge is 0.468 e. The van der Waals surface area contributed by atoms with Crippen molar-refractivity contribution in [3.05, 3.63) is 58.3 Å². The molecule has 1 aliphatic rings. The van der Waals surface area contributed by atoms with Crippen LogP contribution in [0.1, 0.15) is 41.2 Å². The average Bonchev–Trinajstić information content (AvgIpc) is 3.32. The Balaban J connectivity index is 1.50. The molecule has 3 heterocycles. The number of thiophene rings is 1. The van der Waals surface area contributed by atoms with E-state index in [0.29, 0.717) is 16.4 Å². The molecular weight excluding hydrogens is 380 g/mol. The molecule has 27 heavy (non-hydrogen) atoms. The van der Waals surface area contributed by atoms with Crippen molar-refractivity contribution in [2.75, 3.05) is 19.6 Å². The zero-order chi connectivity index (χ0) is 18.8. The van der Waals surface area contributed by atoms with E-state index in [1.54, 1.807) is 6.26 Å². The predicted molar refractivity (Wildman–Crippen MR) is 111 cm³/mol. The van der Waals surface area contributed by atoms with Gasteiger partial charge in [-0.15, -0.1) is 11.3 Å². The Bertz CT molecular complexity index is 914. The van der Waals surface area contributed by atoms with Crippen molar-refractivity contribution in [2.45, 2.75) is 25.8 Å². The molecule has 3 aromatic rings. The Morgan fingerprint density at radius 3 is 2.78 bits per heavy atom. The van der Waals surface area contributed by atoms with Gasteiger partial charge in [0.2, 0.25) is 0 Å². The van der Waals surface area contributed by atoms with E-state index >= 15 is 0 Å². The molecule has 4 rings (SSSR count). The molecule has 0 spiro atoms. The maximum atomic E-state index is 12.8. The zero-order valence-electron chi connectivity index (χ0n) is 15.3. The summed E-state index contributed by atoms with van der Waals surface area (Å²) in [5, 5.41) is 4.55. The van der Waals surface area contributed by atoms with Crippen LogP contribution in [0.2, 0.25) is 5.02 Å². The Labute approximate surface area is 168 Å². The zero-order valence-corrected chi connectivity index (χ0v) is 16.9. The van der Waals surface area contributed by atoms with E-state index in [2.05, 4.69) is 17.1 Å². The van der Waals surface area contributed by atoms with Gasteiger partial charge in [0.25, 0.3) is 5.91 Å². The SMILES string of the molecule is CC1CCN([C@@H](CNC(=O)c2sc3ccccc3c2Cl)c2ccco2)CC1. The first kappa shape index (κ1) is 18.5. The fourth-order valence-corrected chi connectivity index (χ4v) is 5.09. The number of nitrogens with zero attached hydrogens (tertiary/aromatic N) is 1. The fourth-order valence-electron chi connectivity index (χ4n) is 3.66. The van der Waals surface area contributed by atoms with Crippen LogP contribution < -0.4 is 5.32 Å². The lowest BCUT2D eigenvalue weighted by molar-refractivity contribution is 0.0899. The second kappa shape index (κ2) is 8.05. The van der Waals surface area contributed by atoms with E-state index in [1.807, 2.05) is 36.4 Å². The van der Waals surface area contributed by atoms with Crippen LogP contribution >= 0.6 is 22.9 Å². The third-order valence-electron chi connectivity index (χ3n) is 5.33. The summed E-state index contributed by atoms with van der Waals surface area (Å²) < 4.78 is 6.70. The second-order valence-electron chi connectivity index (χ2n) is 7.20. The lowest BCUT2D eigenvalue weighted by atomic mass is 9.97. The first-order valence-corrected chi connectivity index (χ1v) is 10.6. The van der Waals surface area contributed by atoms with Gasteiger partial charge in [-0.2, -0.15) is 0 Å². The minimum absolute atomic E-state index is 0.0459. The highest BCUT2D eigenvalue weighted by Gasteiger charge is 2.27. The summed E-state index contributed by atoms with van der Waals surface area (Å²) >= 11 is 7.89. The normalized spacial score (nSPS) is 17.3. The molecule has 4 nitrogen and oxygen atoms in total. The van der Waals surface area contributed by atoms with E-state index in [9.17, 15) is 4.79 Å². The minimum Gasteiger partial charge on any atom is -0.468 e. The number of fused-ring (bicyclic) bond motifs is 1. The molecule has 1 fully saturated rings. The minimum atomic E-state index is -0.122. The summed E-state index contributed by atoms with van der Waals surface area (Å²) in [6, 6.07) is 11.8. The molecule has 1 N–H and O–H groups in total. The number of piperidine rings is 1. The maximum Gasteiger partial charge on any atom is 0.263 e. The highest BCUT2D eigenvalue weighted by molar-refractivity contribution is 7.21. The standard InChI is InChI=1S/C21H23ClN2O2S/c1-14-8-10-24(11-9-14)16(17-6-4-12-26-17)13-23-21(25)20-19(22)15-5-2-3-7-18(15)27-20/h2-7,12,14,16H,8-11,13H2,1H3,(H,23,25)/t16-/m0/s1. The van der Waals surface area contributed by atoms with Crippen molar-refractivity contribution in [2.24, 2.45) is 5.92 Å². The summed E-state index contributed by atoms with van der Waals surface area (Å²) in [7, 11) is 0. The molecule has 1 amide bonds. The predicted octanol–water partition coefficient (Wildman–Crippen LogP) is 5.35. The van der Waals surface area contributed by atoms with E-state index in [1.165, 1.54) is 24.2 Å². The molecule has 1 atom stereocenters. The monoisotopic (exact) mass is 402 g/mol. The van der Waals surface area contributed by atoms with Crippen molar-refractivity contribution in [3.63, 3.8) is 0 Å². The van der Waals surface area contributed by atoms with Crippen LogP contribution in [-0.2, 0) is 0 Å². The number of likely N-dealkylation sites (tertiary alicyclic amines) is 1. The number of hydrogen-bond acceptors (Lipinski definition) is 4. The molecule has 1 aromatic carbocycles. The molecule has 0 radical (unpaired) electrons. The van der Waals surface area contributed by atoms with E-state index in [-0.39, 0.29) is 11.9 Å². The van der Waals surface area contributed by atoms with Gasteiger partial charge in [-0.1, -0.05) is 36.7 Å². The third kappa shape index (κ3) is 3.91. The van der Waals surface area contributed by atoms with Crippen LogP contribution in [0.5, 0.6) is 0 Å². The van der Waals surface area contributed by atoms with Gasteiger partial charge in [-0.05, 0) is 50.0 Å². The van der Waals surface area contributed by atoms with Crippen molar-refractivity contribution in [3.8, 4) is 0 Å². The molecule has 142 valence electrons. The number of benzene rings is 1. The Kier molecular flexibility index (Phi) is 5.53. The molecular formula is C21H23ClN2O2S. The number of hydrogen-bond donors (Lipinski definition) is 1. The molecule has 2 aromatic heterocycles. The summed E-state index contributed by atoms with van der Waals surface area (Å²) in [6.45, 7) is 4.84. The van der Waals surface area contributed by atoms with Crippen LogP contribution in [0, 0.1) is 5.92 Å². The van der Waals surface area contributed by atoms with Gasteiger partial charge in [0.1, 0.15) is 10.6 Å². The van der Waals surface area contributed by atoms with E-state index < -0.39 is 0 Å². The molecule has 0 saturated carbocycles. The van der Waals surface area contributed by atoms with Gasteiger partial charge in [0.05, 0.1) is 17.3 Å². The lowest BCUT2D eigenvalue weighted by Crippen LogP contribution is -2.41. The third-order valence-corrected chi connectivity index (χ3v) is 7.00. The quantitative estimate of drug-likeness (QED) is 0.625. The van der Waals surface area contributed by atoms with Crippen LogP contribution in [0.15, 0.2) is 47.1 Å². The van der Waals surface area contributed by atoms with Crippen molar-refractivity contribution in [1.29, 1.82) is 0 Å².